The highest BCUT2D eigenvalue weighted by Gasteiger charge is 2.22. The Labute approximate surface area is 112 Å². The Kier molecular flexibility index (Phi) is 4.35. The van der Waals surface area contributed by atoms with Crippen LogP contribution < -0.4 is 0 Å². The van der Waals surface area contributed by atoms with E-state index in [1.807, 2.05) is 0 Å². The van der Waals surface area contributed by atoms with E-state index in [9.17, 15) is 4.79 Å². The minimum Gasteiger partial charge on any atom is -0.462 e. The topological polar surface area (TPSA) is 67.9 Å². The number of rotatable bonds is 4. The molecule has 2 rings (SSSR count). The van der Waals surface area contributed by atoms with Gasteiger partial charge in [0, 0.05) is 18.2 Å². The molecule has 1 aromatic heterocycles. The van der Waals surface area contributed by atoms with Crippen LogP contribution in [0.2, 0.25) is 0 Å². The van der Waals surface area contributed by atoms with Gasteiger partial charge in [-0.3, -0.25) is 0 Å². The summed E-state index contributed by atoms with van der Waals surface area (Å²) in [6.07, 6.45) is 9.15. The fraction of sp³-hybridized carbons (Fsp3) is 0.500. The summed E-state index contributed by atoms with van der Waals surface area (Å²) in [5, 5.41) is 13.1. The van der Waals surface area contributed by atoms with Gasteiger partial charge in [0.15, 0.2) is 0 Å². The van der Waals surface area contributed by atoms with Gasteiger partial charge in [-0.05, 0) is 19.8 Å². The van der Waals surface area contributed by atoms with E-state index >= 15 is 0 Å². The zero-order valence-corrected chi connectivity index (χ0v) is 11.0. The van der Waals surface area contributed by atoms with E-state index in [2.05, 4.69) is 11.2 Å². The van der Waals surface area contributed by atoms with E-state index in [-0.39, 0.29) is 5.97 Å². The van der Waals surface area contributed by atoms with E-state index < -0.39 is 0 Å². The van der Waals surface area contributed by atoms with Crippen LogP contribution in [0, 0.1) is 17.2 Å². The maximum absolute atomic E-state index is 11.6. The third-order valence-corrected chi connectivity index (χ3v) is 3.34. The molecule has 0 amide bonds. The van der Waals surface area contributed by atoms with E-state index in [0.29, 0.717) is 18.1 Å². The molecule has 5 heteroatoms. The molecule has 100 valence electrons. The third-order valence-electron chi connectivity index (χ3n) is 3.34. The van der Waals surface area contributed by atoms with Crippen LogP contribution in [0.5, 0.6) is 0 Å². The van der Waals surface area contributed by atoms with Crippen molar-refractivity contribution < 1.29 is 9.53 Å². The lowest BCUT2D eigenvalue weighted by molar-refractivity contribution is 0.0526. The second-order valence-corrected chi connectivity index (χ2v) is 4.57. The number of carbonyl (C=O) groups is 1. The molecule has 0 radical (unpaired) electrons. The van der Waals surface area contributed by atoms with Gasteiger partial charge in [-0.25, -0.2) is 9.48 Å². The van der Waals surface area contributed by atoms with Gasteiger partial charge in [0.05, 0.1) is 30.1 Å². The molecular weight excluding hydrogens is 242 g/mol. The second kappa shape index (κ2) is 6.19. The third kappa shape index (κ3) is 3.02. The Hall–Kier alpha value is -2.09. The molecule has 0 saturated heterocycles. The number of allylic oxidation sites excluding steroid dienone is 2. The van der Waals surface area contributed by atoms with Gasteiger partial charge in [-0.2, -0.15) is 10.4 Å². The summed E-state index contributed by atoms with van der Waals surface area (Å²) in [5.74, 6) is -0.0222. The number of ether oxygens (including phenoxy) is 1. The van der Waals surface area contributed by atoms with Crippen LogP contribution in [0.25, 0.3) is 5.70 Å². The highest BCUT2D eigenvalue weighted by Crippen LogP contribution is 2.33. The molecule has 1 aromatic rings. The monoisotopic (exact) mass is 259 g/mol. The average molecular weight is 259 g/mol. The summed E-state index contributed by atoms with van der Waals surface area (Å²) in [5.41, 5.74) is 1.29. The van der Waals surface area contributed by atoms with Gasteiger partial charge in [0.25, 0.3) is 0 Å². The predicted octanol–water partition coefficient (Wildman–Crippen LogP) is 2.61. The Morgan fingerprint density at radius 1 is 1.63 bits per heavy atom. The molecule has 1 aliphatic rings. The van der Waals surface area contributed by atoms with Crippen LogP contribution >= 0.6 is 0 Å². The molecule has 1 saturated carbocycles. The van der Waals surface area contributed by atoms with Crippen molar-refractivity contribution in [1.82, 2.24) is 9.78 Å². The van der Waals surface area contributed by atoms with Gasteiger partial charge >= 0.3 is 5.97 Å². The summed E-state index contributed by atoms with van der Waals surface area (Å²) in [7, 11) is 0. The van der Waals surface area contributed by atoms with Crippen molar-refractivity contribution >= 4 is 11.7 Å². The van der Waals surface area contributed by atoms with Crippen molar-refractivity contribution in [3.63, 3.8) is 0 Å². The quantitative estimate of drug-likeness (QED) is 0.615. The molecule has 0 spiro atoms. The zero-order chi connectivity index (χ0) is 13.7. The van der Waals surface area contributed by atoms with Gasteiger partial charge in [0.1, 0.15) is 0 Å². The molecule has 0 unspecified atom stereocenters. The number of esters is 1. The van der Waals surface area contributed by atoms with Crippen LogP contribution in [0.15, 0.2) is 18.5 Å². The number of nitrogens with zero attached hydrogens (tertiary/aromatic N) is 3. The molecule has 0 N–H and O–H groups in total. The fourth-order valence-electron chi connectivity index (χ4n) is 2.44. The molecule has 1 aliphatic carbocycles. The minimum absolute atomic E-state index is 0.341. The lowest BCUT2D eigenvalue weighted by Crippen LogP contribution is -2.07. The summed E-state index contributed by atoms with van der Waals surface area (Å²) >= 11 is 0. The highest BCUT2D eigenvalue weighted by atomic mass is 16.5. The van der Waals surface area contributed by atoms with E-state index in [4.69, 9.17) is 10.00 Å². The minimum atomic E-state index is -0.378. The largest absolute Gasteiger partial charge is 0.462 e. The first-order chi connectivity index (χ1) is 9.26. The summed E-state index contributed by atoms with van der Waals surface area (Å²) < 4.78 is 6.56. The second-order valence-electron chi connectivity index (χ2n) is 4.57. The van der Waals surface area contributed by atoms with Gasteiger partial charge in [-0.15, -0.1) is 0 Å². The SMILES string of the molecule is CCOC(=O)c1cnn(C(=CC#N)C2CCCC2)c1. The Morgan fingerprint density at radius 2 is 2.37 bits per heavy atom. The van der Waals surface area contributed by atoms with Crippen molar-refractivity contribution in [1.29, 1.82) is 5.26 Å². The molecule has 1 fully saturated rings. The van der Waals surface area contributed by atoms with Gasteiger partial charge in [0.2, 0.25) is 0 Å². The molecule has 1 heterocycles. The van der Waals surface area contributed by atoms with Crippen molar-refractivity contribution in [2.24, 2.45) is 5.92 Å². The molecule has 0 aliphatic heterocycles. The summed E-state index contributed by atoms with van der Waals surface area (Å²) in [4.78, 5) is 11.6. The molecule has 0 aromatic carbocycles. The summed E-state index contributed by atoms with van der Waals surface area (Å²) in [6, 6.07) is 2.07. The van der Waals surface area contributed by atoms with Crippen LogP contribution in [-0.2, 0) is 4.74 Å². The van der Waals surface area contributed by atoms with Crippen LogP contribution in [-0.4, -0.2) is 22.4 Å². The lowest BCUT2D eigenvalue weighted by Gasteiger charge is -2.13. The molecule has 5 nitrogen and oxygen atoms in total. The van der Waals surface area contributed by atoms with E-state index in [1.165, 1.54) is 25.1 Å². The first-order valence-electron chi connectivity index (χ1n) is 6.58. The lowest BCUT2D eigenvalue weighted by atomic mass is 10.0. The van der Waals surface area contributed by atoms with E-state index in [0.717, 1.165) is 18.5 Å². The maximum Gasteiger partial charge on any atom is 0.341 e. The molecule has 19 heavy (non-hydrogen) atoms. The van der Waals surface area contributed by atoms with Crippen molar-refractivity contribution in [3.8, 4) is 6.07 Å². The fourth-order valence-corrected chi connectivity index (χ4v) is 2.44. The molecule has 0 atom stereocenters. The number of hydrogen-bond acceptors (Lipinski definition) is 4. The van der Waals surface area contributed by atoms with E-state index in [1.54, 1.807) is 17.8 Å². The maximum atomic E-state index is 11.6. The van der Waals surface area contributed by atoms with Gasteiger partial charge < -0.3 is 4.74 Å². The number of aromatic nitrogens is 2. The summed E-state index contributed by atoms with van der Waals surface area (Å²) in [6.45, 7) is 2.11. The smallest absolute Gasteiger partial charge is 0.341 e. The highest BCUT2D eigenvalue weighted by molar-refractivity contribution is 5.89. The normalized spacial score (nSPS) is 16.3. The number of carbonyl (C=O) groups excluding carboxylic acids is 1. The predicted molar refractivity (Wildman–Crippen MR) is 70.0 cm³/mol. The first kappa shape index (κ1) is 13.3. The number of nitriles is 1. The number of hydrogen-bond donors (Lipinski definition) is 0. The van der Waals surface area contributed by atoms with Crippen LogP contribution in [0.1, 0.15) is 43.0 Å². The first-order valence-corrected chi connectivity index (χ1v) is 6.58. The zero-order valence-electron chi connectivity index (χ0n) is 11.0. The molecular formula is C14H17N3O2. The van der Waals surface area contributed by atoms with Crippen molar-refractivity contribution in [2.75, 3.05) is 6.61 Å². The standard InChI is InChI=1S/C14H17N3O2/c1-2-19-14(18)12-9-16-17(10-12)13(7-8-15)11-5-3-4-6-11/h7,9-11H,2-6H2,1H3. The van der Waals surface area contributed by atoms with Gasteiger partial charge in [-0.1, -0.05) is 12.8 Å². The Morgan fingerprint density at radius 3 is 3.00 bits per heavy atom. The van der Waals surface area contributed by atoms with Crippen LogP contribution in [0.3, 0.4) is 0 Å². The van der Waals surface area contributed by atoms with Crippen LogP contribution in [0.4, 0.5) is 0 Å². The van der Waals surface area contributed by atoms with Crippen molar-refractivity contribution in [3.05, 3.63) is 24.0 Å². The Balaban J connectivity index is 2.21. The Bertz CT molecular complexity index is 519. The molecule has 0 bridgehead atoms. The van der Waals surface area contributed by atoms with Crippen molar-refractivity contribution in [2.45, 2.75) is 32.6 Å². The average Bonchev–Trinajstić information content (AvgIpc) is 3.08.